The lowest BCUT2D eigenvalue weighted by molar-refractivity contribution is -0.116. The van der Waals surface area contributed by atoms with E-state index < -0.39 is 22.5 Å². The van der Waals surface area contributed by atoms with E-state index in [1.807, 2.05) is 19.9 Å². The Kier molecular flexibility index (Phi) is 7.59. The van der Waals surface area contributed by atoms with E-state index in [1.165, 1.54) is 31.3 Å². The number of carbonyl (C=O) groups excluding carboxylic acids is 1. The normalized spacial score (nSPS) is 11.0. The van der Waals surface area contributed by atoms with Gasteiger partial charge in [0, 0.05) is 13.1 Å². The fourth-order valence-corrected chi connectivity index (χ4v) is 3.63. The van der Waals surface area contributed by atoms with E-state index in [2.05, 4.69) is 5.32 Å². The summed E-state index contributed by atoms with van der Waals surface area (Å²) in [7, 11) is -2.57. The molecule has 1 amide bonds. The molecule has 0 saturated carbocycles. The highest BCUT2D eigenvalue weighted by Gasteiger charge is 2.23. The Morgan fingerprint density at radius 3 is 2.34 bits per heavy atom. The van der Waals surface area contributed by atoms with Crippen molar-refractivity contribution in [1.82, 2.24) is 4.31 Å². The van der Waals surface area contributed by atoms with Crippen molar-refractivity contribution in [3.8, 4) is 17.6 Å². The second kappa shape index (κ2) is 9.91. The number of nitrogens with zero attached hydrogens (tertiary/aromatic N) is 2. The van der Waals surface area contributed by atoms with Crippen LogP contribution >= 0.6 is 0 Å². The summed E-state index contributed by atoms with van der Waals surface area (Å²) in [5, 5.41) is 11.5. The van der Waals surface area contributed by atoms with Crippen molar-refractivity contribution >= 4 is 21.6 Å². The average Bonchev–Trinajstić information content (AvgIpc) is 2.70. The van der Waals surface area contributed by atoms with Gasteiger partial charge in [-0.05, 0) is 50.2 Å². The van der Waals surface area contributed by atoms with Gasteiger partial charge >= 0.3 is 0 Å². The van der Waals surface area contributed by atoms with Crippen LogP contribution in [-0.2, 0) is 14.8 Å². The number of hydrogen-bond acceptors (Lipinski definition) is 6. The Bertz CT molecular complexity index is 998. The molecule has 0 fully saturated rings. The minimum Gasteiger partial charge on any atom is -0.494 e. The molecule has 154 valence electrons. The van der Waals surface area contributed by atoms with Crippen LogP contribution in [0.5, 0.6) is 11.5 Å². The van der Waals surface area contributed by atoms with E-state index in [4.69, 9.17) is 14.7 Å². The van der Waals surface area contributed by atoms with E-state index >= 15 is 0 Å². The summed E-state index contributed by atoms with van der Waals surface area (Å²) in [6, 6.07) is 12.5. The highest BCUT2D eigenvalue weighted by atomic mass is 32.2. The average molecular weight is 417 g/mol. The predicted molar refractivity (Wildman–Crippen MR) is 108 cm³/mol. The molecule has 8 nitrogen and oxygen atoms in total. The number of benzene rings is 2. The molecular weight excluding hydrogens is 394 g/mol. The molecule has 2 aromatic rings. The summed E-state index contributed by atoms with van der Waals surface area (Å²) in [4.78, 5) is 12.5. The van der Waals surface area contributed by atoms with E-state index in [9.17, 15) is 13.2 Å². The number of rotatable bonds is 9. The summed E-state index contributed by atoms with van der Waals surface area (Å²) in [6.45, 7) is 4.14. The van der Waals surface area contributed by atoms with Crippen LogP contribution in [-0.4, -0.2) is 45.4 Å². The molecule has 0 aromatic heterocycles. The molecule has 1 N–H and O–H groups in total. The van der Waals surface area contributed by atoms with Gasteiger partial charge in [-0.3, -0.25) is 4.79 Å². The maximum Gasteiger partial charge on any atom is 0.243 e. The first-order valence-corrected chi connectivity index (χ1v) is 10.4. The van der Waals surface area contributed by atoms with Gasteiger partial charge in [-0.25, -0.2) is 8.42 Å². The summed E-state index contributed by atoms with van der Waals surface area (Å²) in [5.74, 6) is 0.492. The van der Waals surface area contributed by atoms with Crippen LogP contribution in [0.4, 0.5) is 5.69 Å². The third-order valence-corrected chi connectivity index (χ3v) is 5.71. The van der Waals surface area contributed by atoms with Crippen molar-refractivity contribution in [2.75, 3.05) is 32.1 Å². The summed E-state index contributed by atoms with van der Waals surface area (Å²) < 4.78 is 37.2. The first kappa shape index (κ1) is 22.2. The molecule has 0 saturated heterocycles. The van der Waals surface area contributed by atoms with Gasteiger partial charge in [-0.1, -0.05) is 0 Å². The van der Waals surface area contributed by atoms with Crippen LogP contribution < -0.4 is 14.8 Å². The van der Waals surface area contributed by atoms with E-state index in [0.717, 1.165) is 4.31 Å². The van der Waals surface area contributed by atoms with Gasteiger partial charge in [0.2, 0.25) is 15.9 Å². The number of hydrogen-bond donors (Lipinski definition) is 1. The third kappa shape index (κ3) is 5.70. The fourth-order valence-electron chi connectivity index (χ4n) is 2.50. The van der Waals surface area contributed by atoms with Crippen molar-refractivity contribution in [1.29, 1.82) is 5.26 Å². The number of carbonyl (C=O) groups is 1. The van der Waals surface area contributed by atoms with Crippen molar-refractivity contribution in [2.45, 2.75) is 18.7 Å². The first-order chi connectivity index (χ1) is 13.8. The molecule has 0 unspecified atom stereocenters. The maximum absolute atomic E-state index is 12.6. The zero-order valence-corrected chi connectivity index (χ0v) is 17.3. The molecule has 0 radical (unpaired) electrons. The van der Waals surface area contributed by atoms with Crippen molar-refractivity contribution in [3.05, 3.63) is 48.0 Å². The van der Waals surface area contributed by atoms with Gasteiger partial charge in [0.05, 0.1) is 42.0 Å². The summed E-state index contributed by atoms with van der Waals surface area (Å²) >= 11 is 0. The van der Waals surface area contributed by atoms with Gasteiger partial charge in [-0.2, -0.15) is 9.57 Å². The maximum atomic E-state index is 12.6. The van der Waals surface area contributed by atoms with Crippen molar-refractivity contribution in [2.24, 2.45) is 0 Å². The minimum absolute atomic E-state index is 0.000138. The van der Waals surface area contributed by atoms with E-state index in [0.29, 0.717) is 36.0 Å². The highest BCUT2D eigenvalue weighted by molar-refractivity contribution is 7.89. The number of nitrogens with one attached hydrogen (secondary N) is 1. The van der Waals surface area contributed by atoms with Crippen LogP contribution in [0.3, 0.4) is 0 Å². The van der Waals surface area contributed by atoms with E-state index in [-0.39, 0.29) is 4.90 Å². The molecule has 0 aliphatic heterocycles. The monoisotopic (exact) mass is 417 g/mol. The second-order valence-corrected chi connectivity index (χ2v) is 8.01. The summed E-state index contributed by atoms with van der Waals surface area (Å²) in [6.07, 6.45) is 0. The predicted octanol–water partition coefficient (Wildman–Crippen LogP) is 2.61. The lowest BCUT2D eigenvalue weighted by Crippen LogP contribution is -2.35. The largest absolute Gasteiger partial charge is 0.494 e. The van der Waals surface area contributed by atoms with Gasteiger partial charge in [0.1, 0.15) is 11.5 Å². The zero-order chi connectivity index (χ0) is 21.4. The van der Waals surface area contributed by atoms with Gasteiger partial charge in [-0.15, -0.1) is 0 Å². The molecule has 0 spiro atoms. The van der Waals surface area contributed by atoms with Gasteiger partial charge < -0.3 is 14.8 Å². The Balaban J connectivity index is 2.15. The van der Waals surface area contributed by atoms with Crippen LogP contribution in [0.2, 0.25) is 0 Å². The number of likely N-dealkylation sites (N-methyl/N-ethyl adjacent to an activating group) is 1. The van der Waals surface area contributed by atoms with Crippen LogP contribution in [0.15, 0.2) is 47.4 Å². The third-order valence-electron chi connectivity index (χ3n) is 3.89. The number of ether oxygens (including phenoxy) is 2. The molecule has 0 aliphatic carbocycles. The Hall–Kier alpha value is -3.09. The van der Waals surface area contributed by atoms with Crippen LogP contribution in [0.1, 0.15) is 19.4 Å². The van der Waals surface area contributed by atoms with Crippen molar-refractivity contribution in [3.63, 3.8) is 0 Å². The standard InChI is InChI=1S/C20H23N3O5S/c1-4-27-16-8-11-19(28-5-2)18(12-16)22-20(24)14-23(3)29(25,26)17-9-6-15(13-21)7-10-17/h6-12H,4-5,14H2,1-3H3,(H,22,24). The highest BCUT2D eigenvalue weighted by Crippen LogP contribution is 2.29. The Labute approximate surface area is 170 Å². The van der Waals surface area contributed by atoms with Crippen molar-refractivity contribution < 1.29 is 22.7 Å². The van der Waals surface area contributed by atoms with E-state index in [1.54, 1.807) is 18.2 Å². The lowest BCUT2D eigenvalue weighted by Gasteiger charge is -2.18. The van der Waals surface area contributed by atoms with Gasteiger partial charge in [0.15, 0.2) is 0 Å². The number of sulfonamides is 1. The molecule has 2 aromatic carbocycles. The summed E-state index contributed by atoms with van der Waals surface area (Å²) in [5.41, 5.74) is 0.744. The molecule has 0 atom stereocenters. The molecule has 9 heteroatoms. The minimum atomic E-state index is -3.88. The van der Waals surface area contributed by atoms with Crippen LogP contribution in [0, 0.1) is 11.3 Å². The first-order valence-electron chi connectivity index (χ1n) is 8.97. The zero-order valence-electron chi connectivity index (χ0n) is 16.5. The lowest BCUT2D eigenvalue weighted by atomic mass is 10.2. The molecule has 2 rings (SSSR count). The van der Waals surface area contributed by atoms with Crippen LogP contribution in [0.25, 0.3) is 0 Å². The quantitative estimate of drug-likeness (QED) is 0.672. The fraction of sp³-hybridized carbons (Fsp3) is 0.300. The molecule has 0 heterocycles. The number of amides is 1. The second-order valence-electron chi connectivity index (χ2n) is 5.97. The molecule has 0 bridgehead atoms. The number of anilines is 1. The number of nitriles is 1. The molecule has 0 aliphatic rings. The van der Waals surface area contributed by atoms with Gasteiger partial charge in [0.25, 0.3) is 0 Å². The SMILES string of the molecule is CCOc1ccc(OCC)c(NC(=O)CN(C)S(=O)(=O)c2ccc(C#N)cc2)c1. The topological polar surface area (TPSA) is 109 Å². The molecule has 29 heavy (non-hydrogen) atoms. The smallest absolute Gasteiger partial charge is 0.243 e. The Morgan fingerprint density at radius 2 is 1.76 bits per heavy atom. The Morgan fingerprint density at radius 1 is 1.10 bits per heavy atom. The molecular formula is C20H23N3O5S.